The molecular formula is C10H11N5O3. The maximum Gasteiger partial charge on any atom is 0.347 e. The Balaban J connectivity index is 2.24. The Morgan fingerprint density at radius 3 is 3.11 bits per heavy atom. The summed E-state index contributed by atoms with van der Waals surface area (Å²) in [7, 11) is 0. The highest BCUT2D eigenvalue weighted by Gasteiger charge is 2.11. The number of nitrogens with zero attached hydrogens (tertiary/aromatic N) is 3. The maximum absolute atomic E-state index is 11.5. The number of aromatic nitrogens is 3. The molecule has 2 aromatic rings. The molecule has 1 amide bonds. The highest BCUT2D eigenvalue weighted by Crippen LogP contribution is 2.05. The van der Waals surface area contributed by atoms with Gasteiger partial charge >= 0.3 is 5.69 Å². The Kier molecular flexibility index (Phi) is 3.20. The number of hydrazine groups is 1. The van der Waals surface area contributed by atoms with Crippen LogP contribution >= 0.6 is 0 Å². The fraction of sp³-hybridized carbons (Fsp3) is 0.200. The molecule has 94 valence electrons. The lowest BCUT2D eigenvalue weighted by Crippen LogP contribution is -2.30. The fourth-order valence-electron chi connectivity index (χ4n) is 1.42. The molecule has 0 spiro atoms. The van der Waals surface area contributed by atoms with Gasteiger partial charge in [0.25, 0.3) is 5.91 Å². The van der Waals surface area contributed by atoms with Crippen LogP contribution in [0, 0.1) is 6.92 Å². The van der Waals surface area contributed by atoms with Gasteiger partial charge in [-0.1, -0.05) is 5.16 Å². The zero-order chi connectivity index (χ0) is 13.1. The van der Waals surface area contributed by atoms with Crippen LogP contribution in [0.1, 0.15) is 21.8 Å². The van der Waals surface area contributed by atoms with E-state index < -0.39 is 11.6 Å². The fourth-order valence-corrected chi connectivity index (χ4v) is 1.42. The first-order chi connectivity index (χ1) is 8.60. The molecule has 0 radical (unpaired) electrons. The van der Waals surface area contributed by atoms with E-state index in [1.807, 2.05) is 12.3 Å². The van der Waals surface area contributed by atoms with Crippen LogP contribution in [-0.2, 0) is 6.54 Å². The Morgan fingerprint density at radius 2 is 2.39 bits per heavy atom. The third kappa shape index (κ3) is 2.43. The quantitative estimate of drug-likeness (QED) is 0.417. The summed E-state index contributed by atoms with van der Waals surface area (Å²) in [6.45, 7) is 1.97. The number of nitrogens with one attached hydrogen (secondary N) is 1. The molecule has 0 unspecified atom stereocenters. The van der Waals surface area contributed by atoms with Crippen LogP contribution in [0.2, 0.25) is 0 Å². The molecular weight excluding hydrogens is 238 g/mol. The number of carbonyl (C=O) groups excluding carboxylic acids is 1. The monoisotopic (exact) mass is 249 g/mol. The molecule has 0 aliphatic heterocycles. The van der Waals surface area contributed by atoms with Crippen LogP contribution in [0.25, 0.3) is 0 Å². The number of hydrogen-bond donors (Lipinski definition) is 2. The van der Waals surface area contributed by atoms with E-state index in [9.17, 15) is 9.59 Å². The second-order valence-corrected chi connectivity index (χ2v) is 3.69. The summed E-state index contributed by atoms with van der Waals surface area (Å²) in [5.41, 5.74) is 2.43. The molecule has 0 aliphatic carbocycles. The van der Waals surface area contributed by atoms with Gasteiger partial charge in [0.2, 0.25) is 0 Å². The van der Waals surface area contributed by atoms with E-state index in [2.05, 4.69) is 10.1 Å². The number of nitrogen functional groups attached to an aromatic ring is 1. The van der Waals surface area contributed by atoms with Gasteiger partial charge in [-0.2, -0.15) is 0 Å². The average molecular weight is 249 g/mol. The normalized spacial score (nSPS) is 10.3. The van der Waals surface area contributed by atoms with Gasteiger partial charge in [-0.05, 0) is 12.5 Å². The van der Waals surface area contributed by atoms with Crippen molar-refractivity contribution >= 4 is 5.91 Å². The molecule has 2 rings (SSSR count). The van der Waals surface area contributed by atoms with Crippen LogP contribution in [0.15, 0.2) is 27.8 Å². The van der Waals surface area contributed by atoms with E-state index in [4.69, 9.17) is 10.4 Å². The summed E-state index contributed by atoms with van der Waals surface area (Å²) in [5, 5.41) is 3.53. The smallest absolute Gasteiger partial charge is 0.347 e. The number of nitrogens with two attached hydrogens (primary N) is 1. The highest BCUT2D eigenvalue weighted by molar-refractivity contribution is 5.91. The van der Waals surface area contributed by atoms with E-state index in [0.29, 0.717) is 5.76 Å². The minimum atomic E-state index is -0.556. The van der Waals surface area contributed by atoms with Crippen LogP contribution in [0.5, 0.6) is 0 Å². The SMILES string of the molecule is Cc1cnc(=O)n(Cc2cc(C(=O)NN)no2)c1. The summed E-state index contributed by atoms with van der Waals surface area (Å²) < 4.78 is 6.29. The van der Waals surface area contributed by atoms with Crippen molar-refractivity contribution in [2.75, 3.05) is 0 Å². The lowest BCUT2D eigenvalue weighted by molar-refractivity contribution is 0.0944. The van der Waals surface area contributed by atoms with Gasteiger partial charge in [0.05, 0.1) is 6.54 Å². The second-order valence-electron chi connectivity index (χ2n) is 3.69. The molecule has 18 heavy (non-hydrogen) atoms. The van der Waals surface area contributed by atoms with E-state index in [-0.39, 0.29) is 12.2 Å². The van der Waals surface area contributed by atoms with E-state index >= 15 is 0 Å². The molecule has 3 N–H and O–H groups in total. The van der Waals surface area contributed by atoms with Crippen molar-refractivity contribution in [3.8, 4) is 0 Å². The van der Waals surface area contributed by atoms with Gasteiger partial charge in [-0.15, -0.1) is 0 Å². The van der Waals surface area contributed by atoms with Gasteiger partial charge in [-0.25, -0.2) is 15.6 Å². The molecule has 0 saturated heterocycles. The molecule has 0 atom stereocenters. The standard InChI is InChI=1S/C10H11N5O3/c1-6-3-12-10(17)15(4-6)5-7-2-8(14-18-7)9(16)13-11/h2-4H,5,11H2,1H3,(H,13,16). The Hall–Kier alpha value is -2.48. The van der Waals surface area contributed by atoms with Gasteiger partial charge in [0, 0.05) is 18.5 Å². The van der Waals surface area contributed by atoms with Crippen molar-refractivity contribution < 1.29 is 9.32 Å². The number of aryl methyl sites for hydroxylation is 1. The topological polar surface area (TPSA) is 116 Å². The van der Waals surface area contributed by atoms with Crippen molar-refractivity contribution in [2.24, 2.45) is 5.84 Å². The summed E-state index contributed by atoms with van der Waals surface area (Å²) in [6.07, 6.45) is 3.12. The van der Waals surface area contributed by atoms with Crippen LogP contribution in [0.3, 0.4) is 0 Å². The molecule has 0 aliphatic rings. The highest BCUT2D eigenvalue weighted by atomic mass is 16.5. The number of rotatable bonds is 3. The third-order valence-electron chi connectivity index (χ3n) is 2.23. The van der Waals surface area contributed by atoms with E-state index in [0.717, 1.165) is 5.56 Å². The van der Waals surface area contributed by atoms with Crippen LogP contribution in [-0.4, -0.2) is 20.6 Å². The van der Waals surface area contributed by atoms with E-state index in [1.165, 1.54) is 16.8 Å². The molecule has 0 fully saturated rings. The maximum atomic E-state index is 11.5. The van der Waals surface area contributed by atoms with Gasteiger partial charge < -0.3 is 4.52 Å². The Bertz CT molecular complexity index is 630. The average Bonchev–Trinajstić information content (AvgIpc) is 2.81. The number of carbonyl (C=O) groups is 1. The molecule has 0 bridgehead atoms. The second kappa shape index (κ2) is 4.80. The van der Waals surface area contributed by atoms with Crippen molar-refractivity contribution in [3.05, 3.63) is 46.0 Å². The van der Waals surface area contributed by atoms with Gasteiger partial charge in [-0.3, -0.25) is 14.8 Å². The number of hydrogen-bond acceptors (Lipinski definition) is 6. The van der Waals surface area contributed by atoms with Gasteiger partial charge in [0.1, 0.15) is 0 Å². The largest absolute Gasteiger partial charge is 0.359 e. The Morgan fingerprint density at radius 1 is 1.61 bits per heavy atom. The van der Waals surface area contributed by atoms with Crippen molar-refractivity contribution in [1.29, 1.82) is 0 Å². The molecule has 0 aromatic carbocycles. The zero-order valence-electron chi connectivity index (χ0n) is 9.58. The predicted octanol–water partition coefficient (Wildman–Crippen LogP) is -0.808. The molecule has 0 saturated carbocycles. The van der Waals surface area contributed by atoms with Crippen LogP contribution < -0.4 is 17.0 Å². The minimum absolute atomic E-state index is 0.0566. The van der Waals surface area contributed by atoms with Crippen molar-refractivity contribution in [3.63, 3.8) is 0 Å². The third-order valence-corrected chi connectivity index (χ3v) is 2.23. The summed E-state index contributed by atoms with van der Waals surface area (Å²) in [5.74, 6) is 4.77. The first-order valence-corrected chi connectivity index (χ1v) is 5.10. The first-order valence-electron chi connectivity index (χ1n) is 5.10. The molecule has 2 aromatic heterocycles. The Labute approximate surface area is 101 Å². The molecule has 8 heteroatoms. The van der Waals surface area contributed by atoms with E-state index in [1.54, 1.807) is 6.20 Å². The van der Waals surface area contributed by atoms with Gasteiger partial charge in [0.15, 0.2) is 11.5 Å². The van der Waals surface area contributed by atoms with Crippen molar-refractivity contribution in [2.45, 2.75) is 13.5 Å². The zero-order valence-corrected chi connectivity index (χ0v) is 9.58. The summed E-state index contributed by atoms with van der Waals surface area (Å²) >= 11 is 0. The van der Waals surface area contributed by atoms with Crippen LogP contribution in [0.4, 0.5) is 0 Å². The summed E-state index contributed by atoms with van der Waals surface area (Å²) in [6, 6.07) is 1.41. The van der Waals surface area contributed by atoms with Crippen molar-refractivity contribution in [1.82, 2.24) is 20.1 Å². The predicted molar refractivity (Wildman–Crippen MR) is 60.5 cm³/mol. The lowest BCUT2D eigenvalue weighted by atomic mass is 10.3. The molecule has 2 heterocycles. The number of amides is 1. The summed E-state index contributed by atoms with van der Waals surface area (Å²) in [4.78, 5) is 26.3. The lowest BCUT2D eigenvalue weighted by Gasteiger charge is -2.01. The first kappa shape index (κ1) is 12.0. The molecule has 8 nitrogen and oxygen atoms in total. The minimum Gasteiger partial charge on any atom is -0.359 e.